The maximum Gasteiger partial charge on any atom is 0.341 e. The first-order chi connectivity index (χ1) is 9.99. The average Bonchev–Trinajstić information content (AvgIpc) is 2.45. The van der Waals surface area contributed by atoms with Crippen molar-refractivity contribution in [3.8, 4) is 5.75 Å². The number of aromatic carboxylic acids is 1. The number of ether oxygens (including phenoxy) is 1. The van der Waals surface area contributed by atoms with Gasteiger partial charge in [-0.25, -0.2) is 4.79 Å². The molecule has 0 atom stereocenters. The van der Waals surface area contributed by atoms with Gasteiger partial charge in [0.05, 0.1) is 5.02 Å². The van der Waals surface area contributed by atoms with Crippen LogP contribution in [-0.2, 0) is 4.79 Å². The Morgan fingerprint density at radius 3 is 2.57 bits per heavy atom. The molecule has 0 aliphatic carbocycles. The number of carboxylic acid groups (broad SMARTS) is 1. The van der Waals surface area contributed by atoms with Crippen molar-refractivity contribution in [1.82, 2.24) is 9.80 Å². The molecule has 1 aliphatic rings. The summed E-state index contributed by atoms with van der Waals surface area (Å²) in [5.74, 6) is -1.22. The first kappa shape index (κ1) is 15.6. The first-order valence-corrected chi connectivity index (χ1v) is 6.97. The van der Waals surface area contributed by atoms with Gasteiger partial charge in [0.15, 0.2) is 6.61 Å². The van der Waals surface area contributed by atoms with Gasteiger partial charge in [-0.2, -0.15) is 0 Å². The van der Waals surface area contributed by atoms with E-state index in [-0.39, 0.29) is 28.8 Å². The molecule has 0 saturated carbocycles. The number of halogens is 1. The Morgan fingerprint density at radius 1 is 1.29 bits per heavy atom. The number of carbonyl (C=O) groups is 2. The molecule has 1 aromatic rings. The summed E-state index contributed by atoms with van der Waals surface area (Å²) < 4.78 is 5.35. The van der Waals surface area contributed by atoms with E-state index in [1.807, 2.05) is 7.05 Å². The van der Waals surface area contributed by atoms with Gasteiger partial charge in [0.2, 0.25) is 0 Å². The van der Waals surface area contributed by atoms with Crippen LogP contribution in [-0.4, -0.2) is 66.6 Å². The van der Waals surface area contributed by atoms with Crippen LogP contribution < -0.4 is 4.74 Å². The van der Waals surface area contributed by atoms with Crippen molar-refractivity contribution in [2.24, 2.45) is 0 Å². The highest BCUT2D eigenvalue weighted by atomic mass is 35.5. The summed E-state index contributed by atoms with van der Waals surface area (Å²) >= 11 is 5.84. The lowest BCUT2D eigenvalue weighted by atomic mass is 10.2. The fourth-order valence-electron chi connectivity index (χ4n) is 2.12. The molecule has 6 nitrogen and oxygen atoms in total. The lowest BCUT2D eigenvalue weighted by Gasteiger charge is -2.32. The summed E-state index contributed by atoms with van der Waals surface area (Å²) in [6.45, 7) is 2.76. The third-order valence-electron chi connectivity index (χ3n) is 3.40. The number of benzene rings is 1. The van der Waals surface area contributed by atoms with E-state index < -0.39 is 5.97 Å². The van der Waals surface area contributed by atoms with Crippen LogP contribution in [0.2, 0.25) is 5.02 Å². The van der Waals surface area contributed by atoms with Crippen LogP contribution in [0, 0.1) is 0 Å². The third kappa shape index (κ3) is 3.86. The van der Waals surface area contributed by atoms with Crippen LogP contribution >= 0.6 is 11.6 Å². The Bertz CT molecular complexity index is 542. The average molecular weight is 313 g/mol. The Hall–Kier alpha value is -1.79. The minimum atomic E-state index is -1.18. The third-order valence-corrected chi connectivity index (χ3v) is 3.71. The quantitative estimate of drug-likeness (QED) is 0.904. The lowest BCUT2D eigenvalue weighted by Crippen LogP contribution is -2.48. The molecule has 1 fully saturated rings. The second-order valence-corrected chi connectivity index (χ2v) is 5.30. The molecule has 0 spiro atoms. The van der Waals surface area contributed by atoms with Gasteiger partial charge in [0.25, 0.3) is 5.91 Å². The van der Waals surface area contributed by atoms with Crippen LogP contribution in [0.25, 0.3) is 0 Å². The molecule has 1 aromatic carbocycles. The van der Waals surface area contributed by atoms with Crippen molar-refractivity contribution in [2.75, 3.05) is 39.8 Å². The molecule has 0 bridgehead atoms. The minimum Gasteiger partial charge on any atom is -0.483 e. The first-order valence-electron chi connectivity index (χ1n) is 6.60. The van der Waals surface area contributed by atoms with Gasteiger partial charge < -0.3 is 19.6 Å². The van der Waals surface area contributed by atoms with Crippen molar-refractivity contribution < 1.29 is 19.4 Å². The number of carboxylic acids is 1. The Morgan fingerprint density at radius 2 is 1.95 bits per heavy atom. The zero-order valence-corrected chi connectivity index (χ0v) is 12.5. The highest BCUT2D eigenvalue weighted by Crippen LogP contribution is 2.26. The molecule has 0 aromatic heterocycles. The second kappa shape index (κ2) is 6.78. The number of carbonyl (C=O) groups excluding carboxylic acids is 1. The van der Waals surface area contributed by atoms with E-state index in [1.165, 1.54) is 12.1 Å². The SMILES string of the molecule is CN1CCN(C(=O)COc2cccc(Cl)c2C(=O)O)CC1. The lowest BCUT2D eigenvalue weighted by molar-refractivity contribution is -0.134. The van der Waals surface area contributed by atoms with Crippen molar-refractivity contribution in [3.05, 3.63) is 28.8 Å². The van der Waals surface area contributed by atoms with Gasteiger partial charge in [-0.3, -0.25) is 4.79 Å². The smallest absolute Gasteiger partial charge is 0.341 e. The molecule has 1 heterocycles. The molecule has 0 radical (unpaired) electrons. The van der Waals surface area contributed by atoms with Crippen molar-refractivity contribution in [3.63, 3.8) is 0 Å². The van der Waals surface area contributed by atoms with Crippen LogP contribution in [0.3, 0.4) is 0 Å². The molecule has 21 heavy (non-hydrogen) atoms. The Balaban J connectivity index is 1.98. The summed E-state index contributed by atoms with van der Waals surface area (Å²) in [5.41, 5.74) is -0.120. The molecule has 0 unspecified atom stereocenters. The summed E-state index contributed by atoms with van der Waals surface area (Å²) in [7, 11) is 2.00. The highest BCUT2D eigenvalue weighted by Gasteiger charge is 2.21. The van der Waals surface area contributed by atoms with E-state index in [4.69, 9.17) is 21.4 Å². The van der Waals surface area contributed by atoms with E-state index >= 15 is 0 Å². The summed E-state index contributed by atoms with van der Waals surface area (Å²) in [6, 6.07) is 4.55. The van der Waals surface area contributed by atoms with E-state index in [1.54, 1.807) is 11.0 Å². The molecule has 1 aliphatic heterocycles. The molecular formula is C14H17ClN2O4. The standard InChI is InChI=1S/C14H17ClN2O4/c1-16-5-7-17(8-6-16)12(18)9-21-11-4-2-3-10(15)13(11)14(19)20/h2-4H,5-9H2,1H3,(H,19,20). The summed E-state index contributed by atoms with van der Waals surface area (Å²) in [5, 5.41) is 9.21. The maximum absolute atomic E-state index is 12.0. The molecule has 2 rings (SSSR count). The zero-order valence-electron chi connectivity index (χ0n) is 11.7. The summed E-state index contributed by atoms with van der Waals surface area (Å²) in [6.07, 6.45) is 0. The predicted molar refractivity (Wildman–Crippen MR) is 78.0 cm³/mol. The van der Waals surface area contributed by atoms with Crippen molar-refractivity contribution in [2.45, 2.75) is 0 Å². The fourth-order valence-corrected chi connectivity index (χ4v) is 2.37. The van der Waals surface area contributed by atoms with Gasteiger partial charge in [0, 0.05) is 26.2 Å². The zero-order chi connectivity index (χ0) is 15.4. The maximum atomic E-state index is 12.0. The number of hydrogen-bond acceptors (Lipinski definition) is 4. The van der Waals surface area contributed by atoms with Crippen LogP contribution in [0.5, 0.6) is 5.75 Å². The molecular weight excluding hydrogens is 296 g/mol. The van der Waals surface area contributed by atoms with E-state index in [0.29, 0.717) is 13.1 Å². The minimum absolute atomic E-state index is 0.0899. The van der Waals surface area contributed by atoms with E-state index in [9.17, 15) is 9.59 Å². The highest BCUT2D eigenvalue weighted by molar-refractivity contribution is 6.33. The van der Waals surface area contributed by atoms with E-state index in [0.717, 1.165) is 13.1 Å². The normalized spacial score (nSPS) is 15.8. The fraction of sp³-hybridized carbons (Fsp3) is 0.429. The van der Waals surface area contributed by atoms with Gasteiger partial charge >= 0.3 is 5.97 Å². The number of piperazine rings is 1. The van der Waals surface area contributed by atoms with Crippen molar-refractivity contribution >= 4 is 23.5 Å². The molecule has 1 amide bonds. The Kier molecular flexibility index (Phi) is 5.03. The van der Waals surface area contributed by atoms with Crippen LogP contribution in [0.15, 0.2) is 18.2 Å². The number of amides is 1. The van der Waals surface area contributed by atoms with Gasteiger partial charge in [-0.15, -0.1) is 0 Å². The molecule has 114 valence electrons. The number of hydrogen-bond donors (Lipinski definition) is 1. The second-order valence-electron chi connectivity index (χ2n) is 4.89. The molecule has 1 saturated heterocycles. The van der Waals surface area contributed by atoms with Crippen molar-refractivity contribution in [1.29, 1.82) is 0 Å². The number of rotatable bonds is 4. The largest absolute Gasteiger partial charge is 0.483 e. The summed E-state index contributed by atoms with van der Waals surface area (Å²) in [4.78, 5) is 27.1. The molecule has 1 N–H and O–H groups in total. The molecule has 7 heteroatoms. The topological polar surface area (TPSA) is 70.1 Å². The van der Waals surface area contributed by atoms with Gasteiger partial charge in [0.1, 0.15) is 11.3 Å². The van der Waals surface area contributed by atoms with Crippen LogP contribution in [0.4, 0.5) is 0 Å². The number of likely N-dealkylation sites (N-methyl/N-ethyl adjacent to an activating group) is 1. The number of nitrogens with zero attached hydrogens (tertiary/aromatic N) is 2. The van der Waals surface area contributed by atoms with Gasteiger partial charge in [-0.1, -0.05) is 17.7 Å². The van der Waals surface area contributed by atoms with Gasteiger partial charge in [-0.05, 0) is 19.2 Å². The predicted octanol–water partition coefficient (Wildman–Crippen LogP) is 1.19. The Labute approximate surface area is 127 Å². The van der Waals surface area contributed by atoms with E-state index in [2.05, 4.69) is 4.90 Å². The monoisotopic (exact) mass is 312 g/mol. The van der Waals surface area contributed by atoms with Crippen LogP contribution in [0.1, 0.15) is 10.4 Å².